The first-order valence-corrected chi connectivity index (χ1v) is 17.3. The quantitative estimate of drug-likeness (QED) is 0.217. The van der Waals surface area contributed by atoms with Gasteiger partial charge in [-0.15, -0.1) is 0 Å². The van der Waals surface area contributed by atoms with Crippen molar-refractivity contribution in [2.75, 3.05) is 20.8 Å². The summed E-state index contributed by atoms with van der Waals surface area (Å²) in [6.45, 7) is 13.1. The van der Waals surface area contributed by atoms with E-state index in [9.17, 15) is 19.2 Å². The Morgan fingerprint density at radius 3 is 2.38 bits per heavy atom. The van der Waals surface area contributed by atoms with Crippen LogP contribution in [0.15, 0.2) is 42.7 Å². The van der Waals surface area contributed by atoms with Crippen molar-refractivity contribution in [3.63, 3.8) is 0 Å². The minimum atomic E-state index is -0.896. The fraction of sp³-hybridized carbons (Fsp3) is 0.579. The van der Waals surface area contributed by atoms with E-state index < -0.39 is 46.4 Å². The number of nitrogens with zero attached hydrogens (tertiary/aromatic N) is 4. The Balaban J connectivity index is 1.50. The van der Waals surface area contributed by atoms with Crippen LogP contribution >= 0.6 is 0 Å². The van der Waals surface area contributed by atoms with E-state index in [1.165, 1.54) is 7.11 Å². The second-order valence-electron chi connectivity index (χ2n) is 15.6. The second kappa shape index (κ2) is 14.0. The van der Waals surface area contributed by atoms with Crippen LogP contribution in [-0.2, 0) is 28.7 Å². The van der Waals surface area contributed by atoms with Gasteiger partial charge in [0.25, 0.3) is 0 Å². The fourth-order valence-electron chi connectivity index (χ4n) is 7.12. The number of rotatable bonds is 12. The smallest absolute Gasteiger partial charge is 0.312 e. The SMILES string of the molecule is CC[C@@H]1C[C@]1(CC(=O)[C@@H]1C[C@@H](Oc2cc(-n3cccn3)nc3cc(OC)ccc23)CN1C(=O)C(CC(=O)OC(C)(C)C)C(C)(C)C)C(=O)OC. The molecule has 2 aliphatic rings. The van der Waals surface area contributed by atoms with E-state index in [4.69, 9.17) is 23.9 Å². The summed E-state index contributed by atoms with van der Waals surface area (Å²) in [4.78, 5) is 61.2. The lowest BCUT2D eigenvalue weighted by atomic mass is 9.77. The van der Waals surface area contributed by atoms with Crippen LogP contribution in [0.1, 0.15) is 80.6 Å². The van der Waals surface area contributed by atoms with Gasteiger partial charge in [0.15, 0.2) is 11.6 Å². The first-order chi connectivity index (χ1) is 23.5. The summed E-state index contributed by atoms with van der Waals surface area (Å²) in [5.41, 5.74) is -1.62. The lowest BCUT2D eigenvalue weighted by Gasteiger charge is -2.35. The van der Waals surface area contributed by atoms with Gasteiger partial charge < -0.3 is 23.8 Å². The van der Waals surface area contributed by atoms with Crippen LogP contribution in [-0.4, -0.2) is 81.8 Å². The van der Waals surface area contributed by atoms with Crippen LogP contribution in [0.5, 0.6) is 11.5 Å². The van der Waals surface area contributed by atoms with Gasteiger partial charge in [-0.3, -0.25) is 19.2 Å². The Morgan fingerprint density at radius 2 is 1.80 bits per heavy atom. The van der Waals surface area contributed by atoms with Gasteiger partial charge in [0.1, 0.15) is 23.2 Å². The van der Waals surface area contributed by atoms with E-state index in [2.05, 4.69) is 5.10 Å². The first kappa shape index (κ1) is 36.8. The number of ketones is 1. The molecule has 12 heteroatoms. The lowest BCUT2D eigenvalue weighted by molar-refractivity contribution is -0.161. The largest absolute Gasteiger partial charge is 0.497 e. The number of methoxy groups -OCH3 is 2. The first-order valence-electron chi connectivity index (χ1n) is 17.3. The maximum Gasteiger partial charge on any atom is 0.312 e. The van der Waals surface area contributed by atoms with Crippen LogP contribution in [0.25, 0.3) is 16.7 Å². The average Bonchev–Trinajstić information content (AvgIpc) is 3.35. The number of carbonyl (C=O) groups is 4. The zero-order valence-corrected chi connectivity index (χ0v) is 30.6. The molecule has 12 nitrogen and oxygen atoms in total. The molecule has 2 aromatic heterocycles. The lowest BCUT2D eigenvalue weighted by Crippen LogP contribution is -2.48. The number of aromatic nitrogens is 3. The molecule has 1 unspecified atom stereocenters. The molecule has 0 N–H and O–H groups in total. The highest BCUT2D eigenvalue weighted by atomic mass is 16.6. The molecule has 1 amide bonds. The van der Waals surface area contributed by atoms with E-state index >= 15 is 0 Å². The number of amides is 1. The van der Waals surface area contributed by atoms with Crippen molar-refractivity contribution >= 4 is 34.5 Å². The highest BCUT2D eigenvalue weighted by molar-refractivity contribution is 5.96. The van der Waals surface area contributed by atoms with Crippen LogP contribution in [0, 0.1) is 22.7 Å². The zero-order valence-electron chi connectivity index (χ0n) is 30.6. The summed E-state index contributed by atoms with van der Waals surface area (Å²) in [6, 6.07) is 8.20. The minimum Gasteiger partial charge on any atom is -0.497 e. The summed E-state index contributed by atoms with van der Waals surface area (Å²) in [6.07, 6.45) is 4.18. The number of benzene rings is 1. The van der Waals surface area contributed by atoms with Crippen molar-refractivity contribution in [2.24, 2.45) is 22.7 Å². The third kappa shape index (κ3) is 7.79. The number of hydrogen-bond acceptors (Lipinski definition) is 10. The number of fused-ring (bicyclic) bond motifs is 1. The van der Waals surface area contributed by atoms with Crippen molar-refractivity contribution in [3.05, 3.63) is 42.7 Å². The van der Waals surface area contributed by atoms with Gasteiger partial charge in [-0.2, -0.15) is 5.10 Å². The van der Waals surface area contributed by atoms with Gasteiger partial charge in [-0.25, -0.2) is 9.67 Å². The van der Waals surface area contributed by atoms with Crippen molar-refractivity contribution in [1.29, 1.82) is 0 Å². The Morgan fingerprint density at radius 1 is 1.06 bits per heavy atom. The van der Waals surface area contributed by atoms with Crippen LogP contribution < -0.4 is 9.47 Å². The third-order valence-electron chi connectivity index (χ3n) is 9.86. The molecule has 0 bridgehead atoms. The molecule has 1 saturated carbocycles. The van der Waals surface area contributed by atoms with Gasteiger partial charge in [0.05, 0.1) is 50.1 Å². The monoisotopic (exact) mass is 690 g/mol. The number of ether oxygens (including phenoxy) is 4. The number of pyridine rings is 1. The third-order valence-corrected chi connectivity index (χ3v) is 9.86. The summed E-state index contributed by atoms with van der Waals surface area (Å²) >= 11 is 0. The standard InChI is InChI=1S/C38H50N4O8/c1-10-23-20-38(23,35(46)48-9)21-30(43)29-17-25(22-41(29)34(45)27(36(2,3)4)18-33(44)50-37(5,6)7)49-31-19-32(42-15-11-14-39-42)40-28-16-24(47-8)12-13-26(28)31/h11-16,19,23,25,27,29H,10,17-18,20-22H2,1-9H3/t23-,25-,27?,29+,38-/m1/s1. The van der Waals surface area contributed by atoms with E-state index in [0.717, 1.165) is 11.8 Å². The molecule has 1 aliphatic heterocycles. The Kier molecular flexibility index (Phi) is 10.3. The molecule has 3 heterocycles. The maximum atomic E-state index is 14.6. The van der Waals surface area contributed by atoms with Gasteiger partial charge in [0.2, 0.25) is 5.91 Å². The predicted octanol–water partition coefficient (Wildman–Crippen LogP) is 5.72. The second-order valence-corrected chi connectivity index (χ2v) is 15.6. The molecule has 1 saturated heterocycles. The van der Waals surface area contributed by atoms with Crippen LogP contribution in [0.2, 0.25) is 0 Å². The highest BCUT2D eigenvalue weighted by Crippen LogP contribution is 2.58. The molecule has 270 valence electrons. The van der Waals surface area contributed by atoms with E-state index in [1.807, 2.05) is 45.9 Å². The molecule has 2 fully saturated rings. The van der Waals surface area contributed by atoms with Gasteiger partial charge in [-0.05, 0) is 56.7 Å². The van der Waals surface area contributed by atoms with E-state index in [0.29, 0.717) is 29.3 Å². The van der Waals surface area contributed by atoms with Crippen LogP contribution in [0.4, 0.5) is 0 Å². The van der Waals surface area contributed by atoms with Crippen molar-refractivity contribution in [3.8, 4) is 17.3 Å². The summed E-state index contributed by atoms with van der Waals surface area (Å²) in [7, 11) is 2.92. The normalized spacial score (nSPS) is 22.6. The topological polar surface area (TPSA) is 139 Å². The number of Topliss-reactive ketones (excluding diaryl/α,β-unsaturated/α-hetero) is 1. The molecule has 3 aromatic rings. The van der Waals surface area contributed by atoms with Crippen LogP contribution in [0.3, 0.4) is 0 Å². The number of likely N-dealkylation sites (tertiary alicyclic amines) is 1. The molecule has 0 spiro atoms. The fourth-order valence-corrected chi connectivity index (χ4v) is 7.12. The van der Waals surface area contributed by atoms with Crippen molar-refractivity contribution < 1.29 is 38.1 Å². The Labute approximate surface area is 293 Å². The number of esters is 2. The molecular weight excluding hydrogens is 640 g/mol. The predicted molar refractivity (Wildman–Crippen MR) is 186 cm³/mol. The molecule has 5 atom stereocenters. The van der Waals surface area contributed by atoms with E-state index in [1.54, 1.807) is 62.0 Å². The van der Waals surface area contributed by atoms with Crippen molar-refractivity contribution in [1.82, 2.24) is 19.7 Å². The van der Waals surface area contributed by atoms with Crippen molar-refractivity contribution in [2.45, 2.75) is 98.3 Å². The summed E-state index contributed by atoms with van der Waals surface area (Å²) in [5.74, 6) is -0.523. The molecule has 5 rings (SSSR count). The Hall–Kier alpha value is -4.48. The van der Waals surface area contributed by atoms with Gasteiger partial charge >= 0.3 is 11.9 Å². The minimum absolute atomic E-state index is 0.0342. The van der Waals surface area contributed by atoms with Gasteiger partial charge in [0, 0.05) is 42.8 Å². The Bertz CT molecular complexity index is 1740. The highest BCUT2D eigenvalue weighted by Gasteiger charge is 2.61. The molecule has 50 heavy (non-hydrogen) atoms. The molecule has 1 aliphatic carbocycles. The van der Waals surface area contributed by atoms with E-state index in [-0.39, 0.29) is 43.4 Å². The zero-order chi connectivity index (χ0) is 36.6. The molecule has 1 aromatic carbocycles. The average molecular weight is 691 g/mol. The molecule has 0 radical (unpaired) electrons. The van der Waals surface area contributed by atoms with Gasteiger partial charge in [-0.1, -0.05) is 34.1 Å². The number of carbonyl (C=O) groups excluding carboxylic acids is 4. The number of hydrogen-bond donors (Lipinski definition) is 0. The summed E-state index contributed by atoms with van der Waals surface area (Å²) < 4.78 is 24.5. The summed E-state index contributed by atoms with van der Waals surface area (Å²) in [5, 5.41) is 5.06. The maximum absolute atomic E-state index is 14.6. The molecular formula is C38H50N4O8.